The zero-order valence-electron chi connectivity index (χ0n) is 10.8. The summed E-state index contributed by atoms with van der Waals surface area (Å²) >= 11 is 0. The number of hydrogen-bond donors (Lipinski definition) is 1. The summed E-state index contributed by atoms with van der Waals surface area (Å²) in [7, 11) is 2.06. The molecule has 0 spiro atoms. The fourth-order valence-electron chi connectivity index (χ4n) is 2.30. The number of aliphatic hydroxyl groups is 1. The summed E-state index contributed by atoms with van der Waals surface area (Å²) in [6, 6.07) is 6.05. The van der Waals surface area contributed by atoms with E-state index in [-0.39, 0.29) is 6.10 Å². The lowest BCUT2D eigenvalue weighted by Crippen LogP contribution is -2.43. The van der Waals surface area contributed by atoms with E-state index in [9.17, 15) is 5.11 Å². The van der Waals surface area contributed by atoms with Gasteiger partial charge in [-0.15, -0.1) is 0 Å². The van der Waals surface area contributed by atoms with Crippen LogP contribution in [0.2, 0.25) is 0 Å². The van der Waals surface area contributed by atoms with Gasteiger partial charge in [0.05, 0.1) is 6.61 Å². The lowest BCUT2D eigenvalue weighted by molar-refractivity contribution is -0.0846. The van der Waals surface area contributed by atoms with Gasteiger partial charge in [0.1, 0.15) is 12.2 Å². The van der Waals surface area contributed by atoms with Crippen LogP contribution < -0.4 is 0 Å². The molecule has 0 radical (unpaired) electrons. The first-order chi connectivity index (χ1) is 8.09. The first-order valence-electron chi connectivity index (χ1n) is 6.14. The maximum Gasteiger partial charge on any atom is 0.107 e. The van der Waals surface area contributed by atoms with Crippen LogP contribution >= 0.6 is 0 Å². The third-order valence-corrected chi connectivity index (χ3v) is 3.61. The Morgan fingerprint density at radius 3 is 2.88 bits per heavy atom. The van der Waals surface area contributed by atoms with Crippen LogP contribution in [-0.2, 0) is 4.74 Å². The van der Waals surface area contributed by atoms with Gasteiger partial charge in [-0.2, -0.15) is 0 Å². The maximum atomic E-state index is 10.4. The second kappa shape index (κ2) is 5.17. The predicted molar refractivity (Wildman–Crippen MR) is 68.1 cm³/mol. The lowest BCUT2D eigenvalue weighted by atomic mass is 9.95. The Balaban J connectivity index is 2.18. The molecule has 1 saturated heterocycles. The van der Waals surface area contributed by atoms with Crippen LogP contribution in [-0.4, -0.2) is 42.9 Å². The fourth-order valence-corrected chi connectivity index (χ4v) is 2.30. The molecule has 94 valence electrons. The van der Waals surface area contributed by atoms with E-state index in [0.29, 0.717) is 6.61 Å². The molecule has 3 heteroatoms. The van der Waals surface area contributed by atoms with Gasteiger partial charge in [-0.1, -0.05) is 18.2 Å². The zero-order valence-corrected chi connectivity index (χ0v) is 10.8. The molecule has 0 aliphatic carbocycles. The summed E-state index contributed by atoms with van der Waals surface area (Å²) in [6.45, 7) is 6.55. The van der Waals surface area contributed by atoms with Crippen molar-refractivity contribution in [3.63, 3.8) is 0 Å². The third kappa shape index (κ3) is 2.68. The molecular formula is C14H21NO2. The number of rotatable bonds is 2. The second-order valence-corrected chi connectivity index (χ2v) is 4.91. The van der Waals surface area contributed by atoms with E-state index in [1.165, 1.54) is 5.56 Å². The number of benzene rings is 1. The SMILES string of the molecule is Cc1cccc(C(O)C2CN(C)CCO2)c1C. The standard InChI is InChI=1S/C14H21NO2/c1-10-5-4-6-12(11(10)2)14(16)13-9-15(3)7-8-17-13/h4-6,13-14,16H,7-9H2,1-3H3. The van der Waals surface area contributed by atoms with Gasteiger partial charge >= 0.3 is 0 Å². The third-order valence-electron chi connectivity index (χ3n) is 3.61. The largest absolute Gasteiger partial charge is 0.386 e. The summed E-state index contributed by atoms with van der Waals surface area (Å²) in [5, 5.41) is 10.4. The van der Waals surface area contributed by atoms with Crippen LogP contribution in [0.25, 0.3) is 0 Å². The fraction of sp³-hybridized carbons (Fsp3) is 0.571. The molecule has 0 bridgehead atoms. The number of ether oxygens (including phenoxy) is 1. The predicted octanol–water partition coefficient (Wildman–Crippen LogP) is 1.67. The maximum absolute atomic E-state index is 10.4. The molecule has 1 heterocycles. The van der Waals surface area contributed by atoms with Crippen LogP contribution in [0, 0.1) is 13.8 Å². The molecule has 0 amide bonds. The quantitative estimate of drug-likeness (QED) is 0.846. The summed E-state index contributed by atoms with van der Waals surface area (Å²) in [6.07, 6.45) is -0.646. The van der Waals surface area contributed by atoms with Gasteiger partial charge in [0.2, 0.25) is 0 Å². The normalized spacial score (nSPS) is 23.6. The summed E-state index contributed by atoms with van der Waals surface area (Å²) in [5.41, 5.74) is 3.37. The minimum Gasteiger partial charge on any atom is -0.386 e. The van der Waals surface area contributed by atoms with Crippen LogP contribution in [0.4, 0.5) is 0 Å². The average molecular weight is 235 g/mol. The highest BCUT2D eigenvalue weighted by Crippen LogP contribution is 2.26. The summed E-state index contributed by atoms with van der Waals surface area (Å²) in [4.78, 5) is 2.20. The Kier molecular flexibility index (Phi) is 3.82. The Morgan fingerprint density at radius 2 is 2.18 bits per heavy atom. The van der Waals surface area contributed by atoms with Crippen molar-refractivity contribution in [2.45, 2.75) is 26.1 Å². The molecule has 1 aliphatic heterocycles. The highest BCUT2D eigenvalue weighted by Gasteiger charge is 2.27. The Morgan fingerprint density at radius 1 is 1.41 bits per heavy atom. The van der Waals surface area contributed by atoms with Crippen LogP contribution in [0.15, 0.2) is 18.2 Å². The van der Waals surface area contributed by atoms with Crippen molar-refractivity contribution in [3.8, 4) is 0 Å². The topological polar surface area (TPSA) is 32.7 Å². The van der Waals surface area contributed by atoms with E-state index in [0.717, 1.165) is 24.2 Å². The first kappa shape index (κ1) is 12.6. The molecule has 2 atom stereocenters. The van der Waals surface area contributed by atoms with Crippen LogP contribution in [0.3, 0.4) is 0 Å². The number of nitrogens with zero attached hydrogens (tertiary/aromatic N) is 1. The van der Waals surface area contributed by atoms with Crippen molar-refractivity contribution in [1.29, 1.82) is 0 Å². The van der Waals surface area contributed by atoms with Gasteiger partial charge in [-0.25, -0.2) is 0 Å². The molecular weight excluding hydrogens is 214 g/mol. The Labute approximate surface area is 103 Å². The molecule has 1 aliphatic rings. The lowest BCUT2D eigenvalue weighted by Gasteiger charge is -2.33. The van der Waals surface area contributed by atoms with E-state index in [4.69, 9.17) is 4.74 Å². The highest BCUT2D eigenvalue weighted by atomic mass is 16.5. The van der Waals surface area contributed by atoms with Crippen molar-refractivity contribution in [3.05, 3.63) is 34.9 Å². The Bertz CT molecular complexity index is 392. The van der Waals surface area contributed by atoms with Crippen molar-refractivity contribution in [2.75, 3.05) is 26.7 Å². The van der Waals surface area contributed by atoms with Crippen molar-refractivity contribution in [1.82, 2.24) is 4.90 Å². The second-order valence-electron chi connectivity index (χ2n) is 4.91. The molecule has 0 saturated carbocycles. The first-order valence-corrected chi connectivity index (χ1v) is 6.14. The van der Waals surface area contributed by atoms with Gasteiger partial charge in [0.25, 0.3) is 0 Å². The average Bonchev–Trinajstić information content (AvgIpc) is 2.32. The summed E-state index contributed by atoms with van der Waals surface area (Å²) in [5.74, 6) is 0. The van der Waals surface area contributed by atoms with E-state index in [1.54, 1.807) is 0 Å². The van der Waals surface area contributed by atoms with E-state index in [1.807, 2.05) is 12.1 Å². The molecule has 2 rings (SSSR count). The molecule has 2 unspecified atom stereocenters. The van der Waals surface area contributed by atoms with Crippen LogP contribution in [0.1, 0.15) is 22.8 Å². The number of aliphatic hydroxyl groups excluding tert-OH is 1. The van der Waals surface area contributed by atoms with E-state index >= 15 is 0 Å². The Hall–Kier alpha value is -0.900. The van der Waals surface area contributed by atoms with Gasteiger partial charge in [0, 0.05) is 13.1 Å². The minimum atomic E-state index is -0.530. The number of aryl methyl sites for hydroxylation is 1. The molecule has 1 N–H and O–H groups in total. The van der Waals surface area contributed by atoms with Crippen molar-refractivity contribution < 1.29 is 9.84 Å². The number of morpholine rings is 1. The molecule has 1 aromatic rings. The number of likely N-dealkylation sites (N-methyl/N-ethyl adjacent to an activating group) is 1. The highest BCUT2D eigenvalue weighted by molar-refractivity contribution is 5.35. The summed E-state index contributed by atoms with van der Waals surface area (Å²) < 4.78 is 5.67. The van der Waals surface area contributed by atoms with Crippen molar-refractivity contribution in [2.24, 2.45) is 0 Å². The molecule has 3 nitrogen and oxygen atoms in total. The molecule has 1 fully saturated rings. The van der Waals surface area contributed by atoms with Gasteiger partial charge < -0.3 is 14.7 Å². The molecule has 0 aromatic heterocycles. The smallest absolute Gasteiger partial charge is 0.107 e. The van der Waals surface area contributed by atoms with E-state index in [2.05, 4.69) is 31.9 Å². The van der Waals surface area contributed by atoms with Gasteiger partial charge in [-0.05, 0) is 37.6 Å². The monoisotopic (exact) mass is 235 g/mol. The molecule has 17 heavy (non-hydrogen) atoms. The van der Waals surface area contributed by atoms with Crippen molar-refractivity contribution >= 4 is 0 Å². The molecule has 1 aromatic carbocycles. The van der Waals surface area contributed by atoms with E-state index < -0.39 is 6.10 Å². The number of hydrogen-bond acceptors (Lipinski definition) is 3. The van der Waals surface area contributed by atoms with Gasteiger partial charge in [-0.3, -0.25) is 0 Å². The van der Waals surface area contributed by atoms with Crippen LogP contribution in [0.5, 0.6) is 0 Å². The minimum absolute atomic E-state index is 0.116. The van der Waals surface area contributed by atoms with Gasteiger partial charge in [0.15, 0.2) is 0 Å². The zero-order chi connectivity index (χ0) is 12.4.